The highest BCUT2D eigenvalue weighted by Gasteiger charge is 2.50. The summed E-state index contributed by atoms with van der Waals surface area (Å²) in [6, 6.07) is 9.32. The van der Waals surface area contributed by atoms with E-state index in [2.05, 4.69) is 15.0 Å². The van der Waals surface area contributed by atoms with Gasteiger partial charge in [-0.1, -0.05) is 12.1 Å². The number of nitrogens with two attached hydrogens (primary N) is 1. The minimum Gasteiger partial charge on any atom is -0.369 e. The zero-order valence-corrected chi connectivity index (χ0v) is 16.4. The van der Waals surface area contributed by atoms with Gasteiger partial charge in [0, 0.05) is 53.6 Å². The minimum absolute atomic E-state index is 0.00841. The van der Waals surface area contributed by atoms with Crippen molar-refractivity contribution in [2.45, 2.75) is 19.1 Å². The molecule has 4 rings (SSSR count). The van der Waals surface area contributed by atoms with Crippen molar-refractivity contribution >= 4 is 11.9 Å². The molecular weight excluding hydrogens is 388 g/mol. The number of carbonyl (C=O) groups is 1. The number of rotatable bonds is 4. The SMILES string of the molecule is Cc1ncccc1-c1cc(C2(c3cncc(CF)c3)N=C(N)N(C)C2=O)ccc1F. The normalized spacial score (nSPS) is 18.6. The van der Waals surface area contributed by atoms with Gasteiger partial charge < -0.3 is 5.73 Å². The van der Waals surface area contributed by atoms with Gasteiger partial charge in [-0.25, -0.2) is 13.8 Å². The number of carbonyl (C=O) groups excluding carboxylic acids is 1. The molecule has 1 unspecified atom stereocenters. The summed E-state index contributed by atoms with van der Waals surface area (Å²) >= 11 is 0. The lowest BCUT2D eigenvalue weighted by Crippen LogP contribution is -2.41. The molecule has 2 N–H and O–H groups in total. The Morgan fingerprint density at radius 1 is 1.13 bits per heavy atom. The lowest BCUT2D eigenvalue weighted by Gasteiger charge is -2.26. The van der Waals surface area contributed by atoms with Crippen LogP contribution < -0.4 is 5.73 Å². The molecule has 0 radical (unpaired) electrons. The molecule has 0 saturated heterocycles. The predicted octanol–water partition coefficient (Wildman–Crippen LogP) is 3.09. The van der Waals surface area contributed by atoms with Gasteiger partial charge in [0.1, 0.15) is 12.5 Å². The van der Waals surface area contributed by atoms with Gasteiger partial charge in [0.25, 0.3) is 5.91 Å². The number of aryl methyl sites for hydroxylation is 1. The van der Waals surface area contributed by atoms with Crippen LogP contribution in [0, 0.1) is 12.7 Å². The highest BCUT2D eigenvalue weighted by Crippen LogP contribution is 2.41. The van der Waals surface area contributed by atoms with Gasteiger partial charge in [0.2, 0.25) is 0 Å². The molecule has 30 heavy (non-hydrogen) atoms. The molecule has 2 aromatic heterocycles. The van der Waals surface area contributed by atoms with E-state index >= 15 is 0 Å². The molecule has 1 aliphatic heterocycles. The second-order valence-electron chi connectivity index (χ2n) is 7.09. The first-order valence-corrected chi connectivity index (χ1v) is 9.24. The number of alkyl halides is 1. The number of hydrogen-bond acceptors (Lipinski definition) is 5. The molecular formula is C22H19F2N5O. The number of nitrogens with zero attached hydrogens (tertiary/aromatic N) is 4. The standard InChI is InChI=1S/C22H19F2N5O/c1-13-17(4-3-7-27-13)18-9-15(5-6-19(18)24)22(20(30)29(2)21(25)28-22)16-8-14(10-23)11-26-12-16/h3-9,11-12H,10H2,1-2H3,(H2,25,28). The summed E-state index contributed by atoms with van der Waals surface area (Å²) in [5.74, 6) is -0.885. The average molecular weight is 407 g/mol. The number of aromatic nitrogens is 2. The predicted molar refractivity (Wildman–Crippen MR) is 109 cm³/mol. The quantitative estimate of drug-likeness (QED) is 0.720. The number of hydrogen-bond donors (Lipinski definition) is 1. The van der Waals surface area contributed by atoms with E-state index in [4.69, 9.17) is 5.73 Å². The number of halogens is 2. The zero-order valence-electron chi connectivity index (χ0n) is 16.4. The maximum absolute atomic E-state index is 14.8. The fourth-order valence-electron chi connectivity index (χ4n) is 3.67. The van der Waals surface area contributed by atoms with Gasteiger partial charge in [-0.15, -0.1) is 0 Å². The molecule has 0 aliphatic carbocycles. The Balaban J connectivity index is 1.99. The number of benzene rings is 1. The number of likely N-dealkylation sites (N-methyl/N-ethyl adjacent to an activating group) is 1. The second-order valence-corrected chi connectivity index (χ2v) is 7.09. The Morgan fingerprint density at radius 2 is 1.93 bits per heavy atom. The number of pyridine rings is 2. The maximum atomic E-state index is 14.8. The van der Waals surface area contributed by atoms with Gasteiger partial charge in [0.05, 0.1) is 0 Å². The molecule has 0 fully saturated rings. The van der Waals surface area contributed by atoms with Crippen molar-refractivity contribution in [1.29, 1.82) is 0 Å². The van der Waals surface area contributed by atoms with Crippen molar-refractivity contribution in [3.05, 3.63) is 83.2 Å². The molecule has 8 heteroatoms. The van der Waals surface area contributed by atoms with E-state index in [1.807, 2.05) is 0 Å². The number of guanidine groups is 1. The van der Waals surface area contributed by atoms with E-state index in [0.29, 0.717) is 27.9 Å². The molecule has 152 valence electrons. The van der Waals surface area contributed by atoms with Crippen LogP contribution in [-0.2, 0) is 17.0 Å². The summed E-state index contributed by atoms with van der Waals surface area (Å²) in [6.45, 7) is 1.03. The van der Waals surface area contributed by atoms with Crippen molar-refractivity contribution in [1.82, 2.24) is 14.9 Å². The van der Waals surface area contributed by atoms with E-state index in [9.17, 15) is 13.6 Å². The van der Waals surface area contributed by atoms with Crippen LogP contribution in [0.5, 0.6) is 0 Å². The fraction of sp³-hybridized carbons (Fsp3) is 0.182. The molecule has 6 nitrogen and oxygen atoms in total. The number of aliphatic imine (C=N–C) groups is 1. The maximum Gasteiger partial charge on any atom is 0.266 e. The van der Waals surface area contributed by atoms with Crippen LogP contribution in [0.2, 0.25) is 0 Å². The van der Waals surface area contributed by atoms with Crippen LogP contribution in [0.15, 0.2) is 60.0 Å². The van der Waals surface area contributed by atoms with Crippen LogP contribution in [0.4, 0.5) is 8.78 Å². The smallest absolute Gasteiger partial charge is 0.266 e. The van der Waals surface area contributed by atoms with Gasteiger partial charge in [-0.3, -0.25) is 19.7 Å². The first kappa shape index (κ1) is 19.6. The third-order valence-corrected chi connectivity index (χ3v) is 5.29. The van der Waals surface area contributed by atoms with Crippen molar-refractivity contribution in [3.63, 3.8) is 0 Å². The largest absolute Gasteiger partial charge is 0.369 e. The van der Waals surface area contributed by atoms with E-state index < -0.39 is 23.9 Å². The number of amides is 1. The van der Waals surface area contributed by atoms with Gasteiger partial charge >= 0.3 is 0 Å². The Bertz CT molecular complexity index is 1180. The van der Waals surface area contributed by atoms with E-state index in [0.717, 1.165) is 0 Å². The zero-order chi connectivity index (χ0) is 21.5. The molecule has 0 spiro atoms. The molecule has 1 amide bonds. The summed E-state index contributed by atoms with van der Waals surface area (Å²) in [4.78, 5) is 27.3. The van der Waals surface area contributed by atoms with Crippen molar-refractivity contribution in [3.8, 4) is 11.1 Å². The third-order valence-electron chi connectivity index (χ3n) is 5.29. The van der Waals surface area contributed by atoms with Crippen molar-refractivity contribution < 1.29 is 13.6 Å². The van der Waals surface area contributed by atoms with Gasteiger partial charge in [0.15, 0.2) is 11.5 Å². The van der Waals surface area contributed by atoms with Crippen molar-refractivity contribution in [2.75, 3.05) is 7.05 Å². The van der Waals surface area contributed by atoms with E-state index in [1.165, 1.54) is 42.5 Å². The Hall–Kier alpha value is -3.68. The molecule has 0 saturated carbocycles. The molecule has 3 heterocycles. The molecule has 1 atom stereocenters. The summed E-state index contributed by atoms with van der Waals surface area (Å²) in [5.41, 5.74) is 6.95. The lowest BCUT2D eigenvalue weighted by molar-refractivity contribution is -0.129. The molecule has 0 bridgehead atoms. The Labute approximate surface area is 172 Å². The van der Waals surface area contributed by atoms with Gasteiger partial charge in [-0.05, 0) is 36.8 Å². The van der Waals surface area contributed by atoms with E-state index in [-0.39, 0.29) is 11.5 Å². The van der Waals surface area contributed by atoms with Crippen molar-refractivity contribution in [2.24, 2.45) is 10.7 Å². The first-order valence-electron chi connectivity index (χ1n) is 9.24. The topological polar surface area (TPSA) is 84.5 Å². The molecule has 1 aliphatic rings. The van der Waals surface area contributed by atoms with Crippen LogP contribution in [0.3, 0.4) is 0 Å². The van der Waals surface area contributed by atoms with Crippen LogP contribution in [-0.4, -0.2) is 33.8 Å². The average Bonchev–Trinajstić information content (AvgIpc) is 2.99. The van der Waals surface area contributed by atoms with Crippen LogP contribution in [0.25, 0.3) is 11.1 Å². The second kappa shape index (κ2) is 7.29. The summed E-state index contributed by atoms with van der Waals surface area (Å²) in [7, 11) is 1.51. The monoisotopic (exact) mass is 407 g/mol. The van der Waals surface area contributed by atoms with Gasteiger partial charge in [-0.2, -0.15) is 0 Å². The summed E-state index contributed by atoms with van der Waals surface area (Å²) in [5, 5.41) is 0. The highest BCUT2D eigenvalue weighted by atomic mass is 19.1. The van der Waals surface area contributed by atoms with E-state index in [1.54, 1.807) is 31.3 Å². The fourth-order valence-corrected chi connectivity index (χ4v) is 3.67. The molecule has 1 aromatic carbocycles. The summed E-state index contributed by atoms with van der Waals surface area (Å²) < 4.78 is 28.1. The summed E-state index contributed by atoms with van der Waals surface area (Å²) in [6.07, 6.45) is 4.45. The molecule has 3 aromatic rings. The minimum atomic E-state index is -1.59. The Kier molecular flexibility index (Phi) is 4.77. The lowest BCUT2D eigenvalue weighted by atomic mass is 9.82. The first-order chi connectivity index (χ1) is 14.4. The van der Waals surface area contributed by atoms with Crippen LogP contribution >= 0.6 is 0 Å². The Morgan fingerprint density at radius 3 is 2.60 bits per heavy atom. The highest BCUT2D eigenvalue weighted by molar-refractivity contribution is 6.09. The van der Waals surface area contributed by atoms with Crippen LogP contribution in [0.1, 0.15) is 22.4 Å². The third kappa shape index (κ3) is 2.92.